The fraction of sp³-hybridized carbons (Fsp3) is 1.00. The van der Waals surface area contributed by atoms with E-state index in [0.29, 0.717) is 0 Å². The summed E-state index contributed by atoms with van der Waals surface area (Å²) < 4.78 is 0. The monoisotopic (exact) mass is 201 g/mol. The standard InChI is InChI=1S/C8H16.Y/c1-2-8-6-4-3-5-7-8;/h8H,2-7H2,1H3;. The molecule has 0 aliphatic heterocycles. The van der Waals surface area contributed by atoms with E-state index < -0.39 is 0 Å². The summed E-state index contributed by atoms with van der Waals surface area (Å²) in [6.45, 7) is 2.32. The van der Waals surface area contributed by atoms with Crippen LogP contribution in [0, 0.1) is 5.92 Å². The molecule has 0 amide bonds. The first-order valence-electron chi connectivity index (χ1n) is 3.93. The van der Waals surface area contributed by atoms with Crippen molar-refractivity contribution in [3.63, 3.8) is 0 Å². The van der Waals surface area contributed by atoms with Crippen LogP contribution in [-0.2, 0) is 32.7 Å². The van der Waals surface area contributed by atoms with Gasteiger partial charge in [0.1, 0.15) is 0 Å². The molecule has 51 valence electrons. The normalized spacial score (nSPS) is 21.0. The maximum absolute atomic E-state index is 2.32. The number of rotatable bonds is 1. The van der Waals surface area contributed by atoms with Crippen molar-refractivity contribution >= 4 is 0 Å². The summed E-state index contributed by atoms with van der Waals surface area (Å²) in [7, 11) is 0. The molecule has 0 heterocycles. The van der Waals surface area contributed by atoms with E-state index in [4.69, 9.17) is 0 Å². The molecule has 0 saturated heterocycles. The van der Waals surface area contributed by atoms with Crippen LogP contribution in [0.3, 0.4) is 0 Å². The Hall–Kier alpha value is 1.10. The minimum atomic E-state index is 0. The average Bonchev–Trinajstić information content (AvgIpc) is 1.90. The van der Waals surface area contributed by atoms with Gasteiger partial charge in [-0.15, -0.1) is 0 Å². The van der Waals surface area contributed by atoms with E-state index in [1.165, 1.54) is 38.5 Å². The van der Waals surface area contributed by atoms with Gasteiger partial charge >= 0.3 is 0 Å². The molecule has 0 aromatic carbocycles. The molecule has 1 rings (SSSR count). The van der Waals surface area contributed by atoms with E-state index in [9.17, 15) is 0 Å². The fourth-order valence-corrected chi connectivity index (χ4v) is 1.60. The van der Waals surface area contributed by atoms with Crippen molar-refractivity contribution in [1.29, 1.82) is 0 Å². The zero-order chi connectivity index (χ0) is 5.82. The van der Waals surface area contributed by atoms with Crippen LogP contribution in [0.5, 0.6) is 0 Å². The van der Waals surface area contributed by atoms with Crippen molar-refractivity contribution in [1.82, 2.24) is 0 Å². The Morgan fingerprint density at radius 3 is 2.00 bits per heavy atom. The predicted octanol–water partition coefficient (Wildman–Crippen LogP) is 2.97. The summed E-state index contributed by atoms with van der Waals surface area (Å²) in [5.41, 5.74) is 0. The molecular formula is C8H16Y. The Kier molecular flexibility index (Phi) is 6.57. The van der Waals surface area contributed by atoms with Gasteiger partial charge in [-0.2, -0.15) is 0 Å². The third kappa shape index (κ3) is 3.73. The van der Waals surface area contributed by atoms with Gasteiger partial charge in [-0.3, -0.25) is 0 Å². The summed E-state index contributed by atoms with van der Waals surface area (Å²) in [5, 5.41) is 0. The van der Waals surface area contributed by atoms with Crippen LogP contribution in [0.1, 0.15) is 45.4 Å². The van der Waals surface area contributed by atoms with Gasteiger partial charge in [0.15, 0.2) is 0 Å². The minimum Gasteiger partial charge on any atom is -0.0651 e. The van der Waals surface area contributed by atoms with Crippen molar-refractivity contribution in [2.24, 2.45) is 5.92 Å². The quantitative estimate of drug-likeness (QED) is 0.611. The fourth-order valence-electron chi connectivity index (χ4n) is 1.60. The molecule has 0 spiro atoms. The first-order valence-corrected chi connectivity index (χ1v) is 3.93. The van der Waals surface area contributed by atoms with E-state index in [1.807, 2.05) is 0 Å². The maximum Gasteiger partial charge on any atom is 0 e. The Balaban J connectivity index is 0.000000640. The molecule has 1 heteroatoms. The molecule has 0 N–H and O–H groups in total. The van der Waals surface area contributed by atoms with Crippen LogP contribution < -0.4 is 0 Å². The van der Waals surface area contributed by atoms with Crippen molar-refractivity contribution < 1.29 is 32.7 Å². The molecule has 1 fully saturated rings. The molecule has 1 saturated carbocycles. The molecule has 1 radical (unpaired) electrons. The smallest absolute Gasteiger partial charge is 0 e. The van der Waals surface area contributed by atoms with Crippen LogP contribution in [0.4, 0.5) is 0 Å². The van der Waals surface area contributed by atoms with Crippen LogP contribution in [0.2, 0.25) is 0 Å². The molecule has 0 unspecified atom stereocenters. The summed E-state index contributed by atoms with van der Waals surface area (Å²) in [5.74, 6) is 1.09. The van der Waals surface area contributed by atoms with Gasteiger partial charge in [-0.05, 0) is 5.92 Å². The molecule has 9 heavy (non-hydrogen) atoms. The molecule has 0 nitrogen and oxygen atoms in total. The molecule has 1 aliphatic carbocycles. The van der Waals surface area contributed by atoms with E-state index in [1.54, 1.807) is 0 Å². The Morgan fingerprint density at radius 1 is 1.11 bits per heavy atom. The van der Waals surface area contributed by atoms with Crippen LogP contribution in [0.15, 0.2) is 0 Å². The Bertz CT molecular complexity index is 55.6. The van der Waals surface area contributed by atoms with Gasteiger partial charge in [0.25, 0.3) is 0 Å². The van der Waals surface area contributed by atoms with Crippen molar-refractivity contribution in [2.75, 3.05) is 0 Å². The zero-order valence-corrected chi connectivity index (χ0v) is 9.24. The topological polar surface area (TPSA) is 0 Å². The van der Waals surface area contributed by atoms with Gasteiger partial charge in [0, 0.05) is 32.7 Å². The molecule has 0 aromatic rings. The van der Waals surface area contributed by atoms with Crippen molar-refractivity contribution in [3.05, 3.63) is 0 Å². The van der Waals surface area contributed by atoms with Gasteiger partial charge in [0.2, 0.25) is 0 Å². The second kappa shape index (κ2) is 5.86. The van der Waals surface area contributed by atoms with Gasteiger partial charge < -0.3 is 0 Å². The van der Waals surface area contributed by atoms with Crippen molar-refractivity contribution in [2.45, 2.75) is 45.4 Å². The van der Waals surface area contributed by atoms with Crippen LogP contribution in [0.25, 0.3) is 0 Å². The second-order valence-electron chi connectivity index (χ2n) is 2.91. The second-order valence-corrected chi connectivity index (χ2v) is 2.91. The summed E-state index contributed by atoms with van der Waals surface area (Å²) >= 11 is 0. The Morgan fingerprint density at radius 2 is 1.67 bits per heavy atom. The Labute approximate surface area is 83.7 Å². The first-order chi connectivity index (χ1) is 3.93. The predicted molar refractivity (Wildman–Crippen MR) is 36.9 cm³/mol. The minimum absolute atomic E-state index is 0. The summed E-state index contributed by atoms with van der Waals surface area (Å²) in [6, 6.07) is 0. The third-order valence-corrected chi connectivity index (χ3v) is 2.30. The van der Waals surface area contributed by atoms with Gasteiger partial charge in [-0.25, -0.2) is 0 Å². The van der Waals surface area contributed by atoms with E-state index >= 15 is 0 Å². The van der Waals surface area contributed by atoms with Gasteiger partial charge in [-0.1, -0.05) is 45.4 Å². The number of hydrogen-bond donors (Lipinski definition) is 0. The summed E-state index contributed by atoms with van der Waals surface area (Å²) in [4.78, 5) is 0. The molecular weight excluding hydrogens is 185 g/mol. The molecule has 1 aliphatic rings. The SMILES string of the molecule is CCC1CCCCC1.[Y]. The first kappa shape index (κ1) is 10.1. The van der Waals surface area contributed by atoms with E-state index in [2.05, 4.69) is 6.92 Å². The molecule has 0 aromatic heterocycles. The number of hydrogen-bond acceptors (Lipinski definition) is 0. The molecule has 0 atom stereocenters. The maximum atomic E-state index is 2.32. The zero-order valence-electron chi connectivity index (χ0n) is 6.40. The average molecular weight is 201 g/mol. The van der Waals surface area contributed by atoms with Gasteiger partial charge in [0.05, 0.1) is 0 Å². The van der Waals surface area contributed by atoms with Crippen LogP contribution in [-0.4, -0.2) is 0 Å². The largest absolute Gasteiger partial charge is 0.0651 e. The van der Waals surface area contributed by atoms with Crippen LogP contribution >= 0.6 is 0 Å². The van der Waals surface area contributed by atoms with E-state index in [0.717, 1.165) is 5.92 Å². The molecule has 0 bridgehead atoms. The van der Waals surface area contributed by atoms with Crippen molar-refractivity contribution in [3.8, 4) is 0 Å². The third-order valence-electron chi connectivity index (χ3n) is 2.30. The summed E-state index contributed by atoms with van der Waals surface area (Å²) in [6.07, 6.45) is 8.93. The van der Waals surface area contributed by atoms with E-state index in [-0.39, 0.29) is 32.7 Å².